The van der Waals surface area contributed by atoms with Crippen LogP contribution in [-0.4, -0.2) is 67.3 Å². The minimum atomic E-state index is -1.05. The fourth-order valence-corrected chi connectivity index (χ4v) is 1.09. The number of hydrogen-bond acceptors (Lipinski definition) is 3. The first-order valence-corrected chi connectivity index (χ1v) is 4.84. The van der Waals surface area contributed by atoms with Gasteiger partial charge in [-0.2, -0.15) is 0 Å². The summed E-state index contributed by atoms with van der Waals surface area (Å²) in [6.07, 6.45) is 1.49. The second-order valence-corrected chi connectivity index (χ2v) is 3.26. The van der Waals surface area contributed by atoms with Crippen LogP contribution in [0.5, 0.6) is 0 Å². The van der Waals surface area contributed by atoms with Crippen LogP contribution < -0.4 is 0 Å². The third-order valence-corrected chi connectivity index (χ3v) is 1.90. The quantitative estimate of drug-likeness (QED) is 0.637. The number of likely N-dealkylation sites (N-methyl/N-ethyl adjacent to an activating group) is 1. The van der Waals surface area contributed by atoms with E-state index in [2.05, 4.69) is 6.58 Å². The molecule has 0 spiro atoms. The molecule has 0 heterocycles. The molecule has 0 fully saturated rings. The highest BCUT2D eigenvalue weighted by molar-refractivity contribution is 5.80. The molecule has 6 heteroatoms. The zero-order valence-electron chi connectivity index (χ0n) is 9.68. The second kappa shape index (κ2) is 7.70. The van der Waals surface area contributed by atoms with Crippen LogP contribution in [-0.2, 0) is 9.53 Å². The predicted octanol–water partition coefficient (Wildman–Crippen LogP) is 0.257. The molecule has 1 N–H and O–H groups in total. The fourth-order valence-electron chi connectivity index (χ4n) is 1.09. The number of urea groups is 1. The number of carboxylic acids is 1. The van der Waals surface area contributed by atoms with Crippen molar-refractivity contribution in [1.29, 1.82) is 0 Å². The van der Waals surface area contributed by atoms with E-state index < -0.39 is 5.97 Å². The van der Waals surface area contributed by atoms with E-state index in [1.54, 1.807) is 7.05 Å². The van der Waals surface area contributed by atoms with E-state index in [1.807, 2.05) is 0 Å². The van der Waals surface area contributed by atoms with Crippen molar-refractivity contribution in [1.82, 2.24) is 9.80 Å². The zero-order valence-corrected chi connectivity index (χ0v) is 9.68. The molecule has 0 aromatic heterocycles. The van der Waals surface area contributed by atoms with E-state index in [1.165, 1.54) is 23.0 Å². The molecular formula is C10H18N2O4. The maximum Gasteiger partial charge on any atom is 0.323 e. The van der Waals surface area contributed by atoms with Crippen LogP contribution in [0.15, 0.2) is 12.7 Å². The first-order valence-electron chi connectivity index (χ1n) is 4.84. The SMILES string of the molecule is C=CCN(CC(=O)O)C(=O)N(C)CCOC. The summed E-state index contributed by atoms with van der Waals surface area (Å²) in [5, 5.41) is 8.65. The van der Waals surface area contributed by atoms with E-state index in [4.69, 9.17) is 9.84 Å². The van der Waals surface area contributed by atoms with Crippen LogP contribution in [0.4, 0.5) is 4.79 Å². The normalized spacial score (nSPS) is 9.62. The lowest BCUT2D eigenvalue weighted by molar-refractivity contribution is -0.137. The standard InChI is InChI=1S/C10H18N2O4/c1-4-5-12(8-9(13)14)10(15)11(2)6-7-16-3/h4H,1,5-8H2,2-3H3,(H,13,14). The average molecular weight is 230 g/mol. The predicted molar refractivity (Wildman–Crippen MR) is 59.3 cm³/mol. The van der Waals surface area contributed by atoms with Gasteiger partial charge < -0.3 is 19.6 Å². The Balaban J connectivity index is 4.34. The molecule has 0 aliphatic rings. The highest BCUT2D eigenvalue weighted by Crippen LogP contribution is 1.97. The lowest BCUT2D eigenvalue weighted by Gasteiger charge is -2.25. The fraction of sp³-hybridized carbons (Fsp3) is 0.600. The summed E-state index contributed by atoms with van der Waals surface area (Å²) in [6.45, 7) is 4.19. The van der Waals surface area contributed by atoms with Gasteiger partial charge in [-0.15, -0.1) is 6.58 Å². The Hall–Kier alpha value is -1.56. The molecule has 0 saturated heterocycles. The summed E-state index contributed by atoms with van der Waals surface area (Å²) in [6, 6.07) is -0.348. The Morgan fingerprint density at radius 2 is 2.12 bits per heavy atom. The molecule has 0 aliphatic heterocycles. The van der Waals surface area contributed by atoms with E-state index in [0.717, 1.165) is 0 Å². The molecular weight excluding hydrogens is 212 g/mol. The zero-order chi connectivity index (χ0) is 12.6. The van der Waals surface area contributed by atoms with Crippen molar-refractivity contribution in [3.8, 4) is 0 Å². The number of rotatable bonds is 7. The molecule has 0 atom stereocenters. The van der Waals surface area contributed by atoms with Gasteiger partial charge in [0.2, 0.25) is 0 Å². The monoisotopic (exact) mass is 230 g/mol. The minimum absolute atomic E-state index is 0.211. The largest absolute Gasteiger partial charge is 0.480 e. The van der Waals surface area contributed by atoms with Crippen molar-refractivity contribution < 1.29 is 19.4 Å². The van der Waals surface area contributed by atoms with Crippen molar-refractivity contribution in [2.75, 3.05) is 40.4 Å². The molecule has 6 nitrogen and oxygen atoms in total. The Bertz CT molecular complexity index is 255. The summed E-state index contributed by atoms with van der Waals surface area (Å²) in [7, 11) is 3.14. The second-order valence-electron chi connectivity index (χ2n) is 3.26. The Labute approximate surface area is 95.1 Å². The molecule has 0 radical (unpaired) electrons. The number of hydrogen-bond donors (Lipinski definition) is 1. The van der Waals surface area contributed by atoms with E-state index in [9.17, 15) is 9.59 Å². The number of ether oxygens (including phenoxy) is 1. The lowest BCUT2D eigenvalue weighted by Crippen LogP contribution is -2.44. The van der Waals surface area contributed by atoms with Crippen molar-refractivity contribution in [3.05, 3.63) is 12.7 Å². The molecule has 0 aromatic rings. The van der Waals surface area contributed by atoms with Crippen LogP contribution in [0.3, 0.4) is 0 Å². The third kappa shape index (κ3) is 5.35. The maximum absolute atomic E-state index is 11.8. The summed E-state index contributed by atoms with van der Waals surface area (Å²) < 4.78 is 4.83. The number of carbonyl (C=O) groups is 2. The van der Waals surface area contributed by atoms with Crippen LogP contribution in [0.2, 0.25) is 0 Å². The highest BCUT2D eigenvalue weighted by atomic mass is 16.5. The van der Waals surface area contributed by atoms with Gasteiger partial charge in [0.15, 0.2) is 0 Å². The maximum atomic E-state index is 11.8. The molecule has 16 heavy (non-hydrogen) atoms. The Morgan fingerprint density at radius 3 is 2.56 bits per heavy atom. The van der Waals surface area contributed by atoms with Gasteiger partial charge in [-0.05, 0) is 0 Å². The number of aliphatic carboxylic acids is 1. The smallest absolute Gasteiger partial charge is 0.323 e. The van der Waals surface area contributed by atoms with E-state index >= 15 is 0 Å². The van der Waals surface area contributed by atoms with Crippen molar-refractivity contribution in [2.24, 2.45) is 0 Å². The van der Waals surface area contributed by atoms with Crippen LogP contribution in [0.1, 0.15) is 0 Å². The van der Waals surface area contributed by atoms with Crippen molar-refractivity contribution >= 4 is 12.0 Å². The third-order valence-electron chi connectivity index (χ3n) is 1.90. The number of nitrogens with zero attached hydrogens (tertiary/aromatic N) is 2. The first kappa shape index (κ1) is 14.4. The van der Waals surface area contributed by atoms with Gasteiger partial charge in [0.25, 0.3) is 0 Å². The summed E-state index contributed by atoms with van der Waals surface area (Å²) in [5.74, 6) is -1.05. The van der Waals surface area contributed by atoms with Gasteiger partial charge >= 0.3 is 12.0 Å². The molecule has 0 unspecified atom stereocenters. The topological polar surface area (TPSA) is 70.1 Å². The van der Waals surface area contributed by atoms with Crippen molar-refractivity contribution in [3.63, 3.8) is 0 Å². The lowest BCUT2D eigenvalue weighted by atomic mass is 10.4. The van der Waals surface area contributed by atoms with Gasteiger partial charge in [-0.3, -0.25) is 4.79 Å². The van der Waals surface area contributed by atoms with Crippen LogP contribution in [0, 0.1) is 0 Å². The van der Waals surface area contributed by atoms with Gasteiger partial charge in [-0.1, -0.05) is 6.08 Å². The van der Waals surface area contributed by atoms with Crippen molar-refractivity contribution in [2.45, 2.75) is 0 Å². The molecule has 0 saturated carbocycles. The van der Waals surface area contributed by atoms with Gasteiger partial charge in [0.1, 0.15) is 6.54 Å². The molecule has 0 rings (SSSR count). The molecule has 0 bridgehead atoms. The van der Waals surface area contributed by atoms with Gasteiger partial charge in [-0.25, -0.2) is 4.79 Å². The number of amides is 2. The van der Waals surface area contributed by atoms with Gasteiger partial charge in [0, 0.05) is 27.2 Å². The minimum Gasteiger partial charge on any atom is -0.480 e. The number of carboxylic acid groups (broad SMARTS) is 1. The van der Waals surface area contributed by atoms with Gasteiger partial charge in [0.05, 0.1) is 6.61 Å². The Kier molecular flexibility index (Phi) is 6.95. The first-order chi connectivity index (χ1) is 7.52. The highest BCUT2D eigenvalue weighted by Gasteiger charge is 2.18. The summed E-state index contributed by atoms with van der Waals surface area (Å²) in [5.41, 5.74) is 0. The molecule has 0 aromatic carbocycles. The van der Waals surface area contributed by atoms with Crippen LogP contribution in [0.25, 0.3) is 0 Å². The van der Waals surface area contributed by atoms with Crippen LogP contribution >= 0.6 is 0 Å². The molecule has 2 amide bonds. The van der Waals surface area contributed by atoms with E-state index in [-0.39, 0.29) is 19.1 Å². The summed E-state index contributed by atoms with van der Waals surface area (Å²) in [4.78, 5) is 24.9. The summed E-state index contributed by atoms with van der Waals surface area (Å²) >= 11 is 0. The average Bonchev–Trinajstić information content (AvgIpc) is 2.23. The van der Waals surface area contributed by atoms with E-state index in [0.29, 0.717) is 13.2 Å². The molecule has 0 aliphatic carbocycles. The number of methoxy groups -OCH3 is 1. The Morgan fingerprint density at radius 1 is 1.50 bits per heavy atom. The molecule has 92 valence electrons. The number of carbonyl (C=O) groups excluding carboxylic acids is 1.